The van der Waals surface area contributed by atoms with Gasteiger partial charge < -0.3 is 4.74 Å². The summed E-state index contributed by atoms with van der Waals surface area (Å²) in [5, 5.41) is 10.5. The fourth-order valence-electron chi connectivity index (χ4n) is 1.29. The minimum Gasteiger partial charge on any atom is -0.381 e. The fourth-order valence-corrected chi connectivity index (χ4v) is 1.29. The van der Waals surface area contributed by atoms with E-state index in [-0.39, 0.29) is 0 Å². The van der Waals surface area contributed by atoms with E-state index in [4.69, 9.17) is 0 Å². The summed E-state index contributed by atoms with van der Waals surface area (Å²) in [6.07, 6.45) is -10.2. The van der Waals surface area contributed by atoms with Gasteiger partial charge in [0.15, 0.2) is 0 Å². The first-order valence-corrected chi connectivity index (χ1v) is 4.40. The van der Waals surface area contributed by atoms with Crippen LogP contribution in [0.5, 0.6) is 5.88 Å². The molecule has 0 aliphatic heterocycles. The van der Waals surface area contributed by atoms with Gasteiger partial charge in [0.05, 0.1) is 4.92 Å². The molecule has 0 spiro atoms. The Hall–Kier alpha value is -2.07. The Balaban J connectivity index is 3.55. The van der Waals surface area contributed by atoms with E-state index in [1.165, 1.54) is 0 Å². The molecule has 0 fully saturated rings. The van der Waals surface area contributed by atoms with Crippen molar-refractivity contribution in [1.29, 1.82) is 0 Å². The highest BCUT2D eigenvalue weighted by Crippen LogP contribution is 2.43. The quantitative estimate of drug-likeness (QED) is 0.476. The van der Waals surface area contributed by atoms with Gasteiger partial charge in [-0.05, 0) is 12.5 Å². The van der Waals surface area contributed by atoms with Gasteiger partial charge in [0.1, 0.15) is 5.56 Å². The van der Waals surface area contributed by atoms with Crippen LogP contribution in [0.4, 0.5) is 32.0 Å². The Bertz CT molecular complexity index is 510. The molecule has 0 saturated heterocycles. The predicted molar refractivity (Wildman–Crippen MR) is 47.3 cm³/mol. The summed E-state index contributed by atoms with van der Waals surface area (Å²) < 4.78 is 76.8. The Labute approximate surface area is 101 Å². The molecule has 0 amide bonds. The Kier molecular flexibility index (Phi) is 3.59. The van der Waals surface area contributed by atoms with Crippen molar-refractivity contribution in [2.24, 2.45) is 0 Å². The molecule has 11 heteroatoms. The zero-order chi connectivity index (χ0) is 15.0. The van der Waals surface area contributed by atoms with Crippen LogP contribution < -0.4 is 4.74 Å². The van der Waals surface area contributed by atoms with Gasteiger partial charge in [0.2, 0.25) is 0 Å². The number of hydrogen-bond acceptors (Lipinski definition) is 4. The third-order valence-corrected chi connectivity index (χ3v) is 1.89. The molecule has 0 saturated carbocycles. The van der Waals surface area contributed by atoms with Crippen molar-refractivity contribution in [3.05, 3.63) is 27.4 Å². The molecule has 1 heterocycles. The van der Waals surface area contributed by atoms with Gasteiger partial charge in [-0.2, -0.15) is 13.2 Å². The number of aromatic nitrogens is 1. The molecule has 0 aliphatic rings. The van der Waals surface area contributed by atoms with Crippen LogP contribution in [-0.4, -0.2) is 16.3 Å². The second kappa shape index (κ2) is 4.55. The number of alkyl halides is 6. The molecule has 0 N–H and O–H groups in total. The second-order valence-corrected chi connectivity index (χ2v) is 3.27. The maximum atomic E-state index is 12.6. The fraction of sp³-hybridized carbons (Fsp3) is 0.375. The number of hydrogen-bond donors (Lipinski definition) is 0. The number of nitro groups is 1. The SMILES string of the molecule is Cc1cnc(OC(F)(F)F)c([N+](=O)[O-])c1C(F)(F)F. The normalized spacial score (nSPS) is 12.4. The van der Waals surface area contributed by atoms with E-state index in [2.05, 4.69) is 9.72 Å². The lowest BCUT2D eigenvalue weighted by molar-refractivity contribution is -0.392. The van der Waals surface area contributed by atoms with Gasteiger partial charge in [-0.3, -0.25) is 10.1 Å². The van der Waals surface area contributed by atoms with Crippen LogP contribution >= 0.6 is 0 Å². The highest BCUT2D eigenvalue weighted by atomic mass is 19.4. The van der Waals surface area contributed by atoms with Crippen molar-refractivity contribution in [3.8, 4) is 5.88 Å². The highest BCUT2D eigenvalue weighted by Gasteiger charge is 2.45. The minimum absolute atomic E-state index is 0.414. The Morgan fingerprint density at radius 1 is 1.26 bits per heavy atom. The van der Waals surface area contributed by atoms with Crippen molar-refractivity contribution in [1.82, 2.24) is 4.98 Å². The van der Waals surface area contributed by atoms with Crippen molar-refractivity contribution >= 4 is 5.69 Å². The van der Waals surface area contributed by atoms with Crippen LogP contribution in [0.1, 0.15) is 11.1 Å². The predicted octanol–water partition coefficient (Wildman–Crippen LogP) is 3.22. The molecule has 0 atom stereocenters. The van der Waals surface area contributed by atoms with Gasteiger partial charge in [-0.1, -0.05) is 0 Å². The third kappa shape index (κ3) is 3.45. The zero-order valence-electron chi connectivity index (χ0n) is 8.96. The molecule has 0 bridgehead atoms. The molecular formula is C8H4F6N2O3. The summed E-state index contributed by atoms with van der Waals surface area (Å²) in [6, 6.07) is 0. The molecule has 0 radical (unpaired) electrons. The second-order valence-electron chi connectivity index (χ2n) is 3.27. The van der Waals surface area contributed by atoms with E-state index in [0.29, 0.717) is 6.20 Å². The largest absolute Gasteiger partial charge is 0.574 e. The lowest BCUT2D eigenvalue weighted by Crippen LogP contribution is -2.21. The molecule has 1 aromatic heterocycles. The molecule has 106 valence electrons. The van der Waals surface area contributed by atoms with Gasteiger partial charge in [0.25, 0.3) is 0 Å². The van der Waals surface area contributed by atoms with Crippen molar-refractivity contribution < 1.29 is 36.0 Å². The number of rotatable bonds is 2. The number of halogens is 6. The first-order valence-electron chi connectivity index (χ1n) is 4.40. The number of ether oxygens (including phenoxy) is 1. The number of aryl methyl sites for hydroxylation is 1. The molecule has 1 rings (SSSR count). The Morgan fingerprint density at radius 2 is 1.79 bits per heavy atom. The summed E-state index contributed by atoms with van der Waals surface area (Å²) >= 11 is 0. The van der Waals surface area contributed by atoms with Crippen molar-refractivity contribution in [2.75, 3.05) is 0 Å². The van der Waals surface area contributed by atoms with Gasteiger partial charge in [-0.15, -0.1) is 13.2 Å². The average molecular weight is 290 g/mol. The molecule has 1 aromatic rings. The summed E-state index contributed by atoms with van der Waals surface area (Å²) in [5.41, 5.74) is -4.38. The van der Waals surface area contributed by atoms with Crippen LogP contribution in [0, 0.1) is 17.0 Å². The van der Waals surface area contributed by atoms with E-state index < -0.39 is 40.2 Å². The Morgan fingerprint density at radius 3 is 2.16 bits per heavy atom. The monoisotopic (exact) mass is 290 g/mol. The first-order chi connectivity index (χ1) is 8.43. The number of pyridine rings is 1. The topological polar surface area (TPSA) is 65.3 Å². The summed E-state index contributed by atoms with van der Waals surface area (Å²) in [7, 11) is 0. The molecule has 19 heavy (non-hydrogen) atoms. The van der Waals surface area contributed by atoms with Crippen molar-refractivity contribution in [2.45, 2.75) is 19.5 Å². The van der Waals surface area contributed by atoms with Crippen LogP contribution in [0.15, 0.2) is 6.20 Å². The molecule has 0 aromatic carbocycles. The summed E-state index contributed by atoms with van der Waals surface area (Å²) in [6.45, 7) is 0.834. The van der Waals surface area contributed by atoms with Crippen LogP contribution in [0.3, 0.4) is 0 Å². The van der Waals surface area contributed by atoms with Gasteiger partial charge in [-0.25, -0.2) is 4.98 Å². The summed E-state index contributed by atoms with van der Waals surface area (Å²) in [5.74, 6) is -1.75. The van der Waals surface area contributed by atoms with E-state index in [0.717, 1.165) is 6.92 Å². The van der Waals surface area contributed by atoms with Gasteiger partial charge in [0, 0.05) is 6.20 Å². The zero-order valence-corrected chi connectivity index (χ0v) is 8.96. The summed E-state index contributed by atoms with van der Waals surface area (Å²) in [4.78, 5) is 11.8. The minimum atomic E-state index is -5.39. The standard InChI is InChI=1S/C8H4F6N2O3/c1-3-2-15-6(19-8(12,13)14)5(16(17)18)4(3)7(9,10)11/h2H,1H3. The number of nitrogens with zero attached hydrogens (tertiary/aromatic N) is 2. The van der Waals surface area contributed by atoms with Gasteiger partial charge >= 0.3 is 24.1 Å². The smallest absolute Gasteiger partial charge is 0.381 e. The third-order valence-electron chi connectivity index (χ3n) is 1.89. The lowest BCUT2D eigenvalue weighted by atomic mass is 10.1. The van der Waals surface area contributed by atoms with Crippen LogP contribution in [-0.2, 0) is 6.18 Å². The van der Waals surface area contributed by atoms with Crippen LogP contribution in [0.25, 0.3) is 0 Å². The van der Waals surface area contributed by atoms with Crippen LogP contribution in [0.2, 0.25) is 0 Å². The first kappa shape index (κ1) is 15.0. The van der Waals surface area contributed by atoms with E-state index in [1.54, 1.807) is 0 Å². The van der Waals surface area contributed by atoms with E-state index in [1.807, 2.05) is 0 Å². The molecule has 0 aliphatic carbocycles. The van der Waals surface area contributed by atoms with Crippen molar-refractivity contribution in [3.63, 3.8) is 0 Å². The molecular weight excluding hydrogens is 286 g/mol. The highest BCUT2D eigenvalue weighted by molar-refractivity contribution is 5.53. The maximum Gasteiger partial charge on any atom is 0.574 e. The average Bonchev–Trinajstić information content (AvgIpc) is 2.15. The lowest BCUT2D eigenvalue weighted by Gasteiger charge is -2.13. The molecule has 0 unspecified atom stereocenters. The van der Waals surface area contributed by atoms with E-state index >= 15 is 0 Å². The maximum absolute atomic E-state index is 12.6. The van der Waals surface area contributed by atoms with E-state index in [9.17, 15) is 36.5 Å². The molecule has 5 nitrogen and oxygen atoms in total.